The number of ketones is 1. The van der Waals surface area contributed by atoms with Crippen LogP contribution in [0.15, 0.2) is 60.7 Å². The minimum absolute atomic E-state index is 0.0319. The molecule has 6 heteroatoms. The summed E-state index contributed by atoms with van der Waals surface area (Å²) >= 11 is 12.5. The molecule has 1 saturated carbocycles. The van der Waals surface area contributed by atoms with Gasteiger partial charge in [0.1, 0.15) is 11.6 Å². The topological polar surface area (TPSA) is 46.2 Å². The number of anilines is 1. The molecule has 0 saturated heterocycles. The Kier molecular flexibility index (Phi) is 5.11. The summed E-state index contributed by atoms with van der Waals surface area (Å²) in [5, 5.41) is 4.04. The van der Waals surface area contributed by atoms with E-state index in [4.69, 9.17) is 23.2 Å². The Bertz CT molecular complexity index is 1270. The molecular formula is C26H20Cl2FNO2. The first kappa shape index (κ1) is 21.2. The van der Waals surface area contributed by atoms with Crippen molar-refractivity contribution < 1.29 is 14.0 Å². The fourth-order valence-electron chi connectivity index (χ4n) is 5.57. The highest BCUT2D eigenvalue weighted by Gasteiger charge is 2.60. The molecule has 1 aliphatic carbocycles. The highest BCUT2D eigenvalue weighted by atomic mass is 35.5. The van der Waals surface area contributed by atoms with Crippen molar-refractivity contribution >= 4 is 40.6 Å². The van der Waals surface area contributed by atoms with Gasteiger partial charge >= 0.3 is 0 Å². The summed E-state index contributed by atoms with van der Waals surface area (Å²) in [6.45, 7) is 1.88. The SMILES string of the molecule is Cc1ccc(F)cc1[C@H]1CC(=O)C[C@@H](c2cccc(Cl)c2)[C@]12C(=O)Nc1cc(Cl)ccc12. The zero-order valence-electron chi connectivity index (χ0n) is 17.3. The first-order valence-electron chi connectivity index (χ1n) is 10.5. The molecule has 5 rings (SSSR count). The van der Waals surface area contributed by atoms with E-state index in [-0.39, 0.29) is 24.5 Å². The minimum Gasteiger partial charge on any atom is -0.325 e. The van der Waals surface area contributed by atoms with E-state index < -0.39 is 23.1 Å². The van der Waals surface area contributed by atoms with Gasteiger partial charge in [0.2, 0.25) is 5.91 Å². The summed E-state index contributed by atoms with van der Waals surface area (Å²) in [7, 11) is 0. The number of benzene rings is 3. The largest absolute Gasteiger partial charge is 0.325 e. The van der Waals surface area contributed by atoms with Gasteiger partial charge in [0.05, 0.1) is 5.41 Å². The molecule has 3 atom stereocenters. The zero-order chi connectivity index (χ0) is 22.6. The van der Waals surface area contributed by atoms with Crippen LogP contribution in [0.1, 0.15) is 46.9 Å². The van der Waals surface area contributed by atoms with Gasteiger partial charge in [0.15, 0.2) is 0 Å². The van der Waals surface area contributed by atoms with E-state index in [9.17, 15) is 14.0 Å². The third-order valence-electron chi connectivity index (χ3n) is 6.88. The Morgan fingerprint density at radius 3 is 2.47 bits per heavy atom. The molecule has 1 amide bonds. The molecule has 3 nitrogen and oxygen atoms in total. The van der Waals surface area contributed by atoms with Gasteiger partial charge in [-0.1, -0.05) is 47.5 Å². The Morgan fingerprint density at radius 1 is 0.938 bits per heavy atom. The van der Waals surface area contributed by atoms with Crippen molar-refractivity contribution in [1.29, 1.82) is 0 Å². The molecule has 32 heavy (non-hydrogen) atoms. The van der Waals surface area contributed by atoms with Crippen molar-refractivity contribution in [2.75, 3.05) is 5.32 Å². The fraction of sp³-hybridized carbons (Fsp3) is 0.231. The van der Waals surface area contributed by atoms with Crippen LogP contribution in [0.2, 0.25) is 10.0 Å². The van der Waals surface area contributed by atoms with Crippen LogP contribution in [0.25, 0.3) is 0 Å². The number of nitrogens with one attached hydrogen (secondary N) is 1. The Balaban J connectivity index is 1.83. The first-order valence-corrected chi connectivity index (χ1v) is 11.2. The van der Waals surface area contributed by atoms with Crippen LogP contribution in [-0.2, 0) is 15.0 Å². The van der Waals surface area contributed by atoms with E-state index in [1.807, 2.05) is 31.2 Å². The summed E-state index contributed by atoms with van der Waals surface area (Å²) < 4.78 is 14.4. The molecule has 0 aromatic heterocycles. The van der Waals surface area contributed by atoms with Crippen molar-refractivity contribution in [3.05, 3.63) is 98.8 Å². The number of fused-ring (bicyclic) bond motifs is 2. The normalized spacial score (nSPS) is 24.5. The number of amides is 1. The van der Waals surface area contributed by atoms with Crippen LogP contribution in [0.3, 0.4) is 0 Å². The second kappa shape index (κ2) is 7.72. The maximum atomic E-state index is 14.4. The molecule has 3 aromatic carbocycles. The van der Waals surface area contributed by atoms with Gasteiger partial charge in [-0.15, -0.1) is 0 Å². The molecule has 1 aliphatic heterocycles. The lowest BCUT2D eigenvalue weighted by Gasteiger charge is -2.46. The molecule has 1 fully saturated rings. The van der Waals surface area contributed by atoms with Crippen LogP contribution < -0.4 is 5.32 Å². The Labute approximate surface area is 195 Å². The molecule has 1 N–H and O–H groups in total. The Hall–Kier alpha value is -2.69. The van der Waals surface area contributed by atoms with Crippen LogP contribution in [-0.4, -0.2) is 11.7 Å². The van der Waals surface area contributed by atoms with Crippen LogP contribution in [0, 0.1) is 12.7 Å². The number of Topliss-reactive ketones (excluding diaryl/α,β-unsaturated/α-hetero) is 1. The molecule has 3 aromatic rings. The molecular weight excluding hydrogens is 448 g/mol. The lowest BCUT2D eigenvalue weighted by molar-refractivity contribution is -0.128. The average molecular weight is 468 g/mol. The van der Waals surface area contributed by atoms with E-state index in [0.717, 1.165) is 16.7 Å². The van der Waals surface area contributed by atoms with Crippen LogP contribution in [0.5, 0.6) is 0 Å². The predicted octanol–water partition coefficient (Wildman–Crippen LogP) is 6.56. The second-order valence-corrected chi connectivity index (χ2v) is 9.49. The van der Waals surface area contributed by atoms with Gasteiger partial charge in [-0.2, -0.15) is 0 Å². The molecule has 162 valence electrons. The monoisotopic (exact) mass is 467 g/mol. The van der Waals surface area contributed by atoms with Crippen molar-refractivity contribution in [1.82, 2.24) is 0 Å². The molecule has 1 spiro atoms. The summed E-state index contributed by atoms with van der Waals surface area (Å²) in [6, 6.07) is 17.2. The third-order valence-corrected chi connectivity index (χ3v) is 7.35. The second-order valence-electron chi connectivity index (χ2n) is 8.62. The Morgan fingerprint density at radius 2 is 1.69 bits per heavy atom. The smallest absolute Gasteiger partial charge is 0.236 e. The maximum absolute atomic E-state index is 14.4. The average Bonchev–Trinajstić information content (AvgIpc) is 3.02. The van der Waals surface area contributed by atoms with E-state index >= 15 is 0 Å². The molecule has 1 heterocycles. The van der Waals surface area contributed by atoms with Crippen LogP contribution >= 0.6 is 23.2 Å². The summed E-state index contributed by atoms with van der Waals surface area (Å²) in [5.74, 6) is -1.57. The summed E-state index contributed by atoms with van der Waals surface area (Å²) in [6.07, 6.45) is 0.345. The highest BCUT2D eigenvalue weighted by Crippen LogP contribution is 2.60. The number of carbonyl (C=O) groups excluding carboxylic acids is 2. The molecule has 2 aliphatic rings. The number of aryl methyl sites for hydroxylation is 1. The van der Waals surface area contributed by atoms with E-state index in [2.05, 4.69) is 5.32 Å². The van der Waals surface area contributed by atoms with Crippen molar-refractivity contribution in [3.8, 4) is 0 Å². The minimum atomic E-state index is -1.10. The van der Waals surface area contributed by atoms with Crippen LogP contribution in [0.4, 0.5) is 10.1 Å². The standard InChI is InChI=1S/C26H20Cl2FNO2/c1-14-5-7-18(29)11-20(14)23-13-19(31)12-22(15-3-2-4-16(27)9-15)26(23)21-8-6-17(28)10-24(21)30-25(26)32/h2-11,22-23H,12-13H2,1H3,(H,30,32)/t22-,23+,26-/m0/s1. The summed E-state index contributed by atoms with van der Waals surface area (Å²) in [5.41, 5.74) is 2.62. The molecule has 0 bridgehead atoms. The number of carbonyl (C=O) groups is 2. The van der Waals surface area contributed by atoms with Gasteiger partial charge in [-0.05, 0) is 65.6 Å². The third kappa shape index (κ3) is 3.16. The zero-order valence-corrected chi connectivity index (χ0v) is 18.8. The molecule has 0 radical (unpaired) electrons. The number of halogens is 3. The quantitative estimate of drug-likeness (QED) is 0.463. The lowest BCUT2D eigenvalue weighted by atomic mass is 9.53. The fourth-order valence-corrected chi connectivity index (χ4v) is 5.94. The van der Waals surface area contributed by atoms with Crippen molar-refractivity contribution in [2.24, 2.45) is 0 Å². The van der Waals surface area contributed by atoms with E-state index in [1.54, 1.807) is 24.3 Å². The van der Waals surface area contributed by atoms with Gasteiger partial charge in [0, 0.05) is 40.4 Å². The van der Waals surface area contributed by atoms with Gasteiger partial charge in [0.25, 0.3) is 0 Å². The maximum Gasteiger partial charge on any atom is 0.236 e. The van der Waals surface area contributed by atoms with Gasteiger partial charge in [-0.25, -0.2) is 4.39 Å². The van der Waals surface area contributed by atoms with E-state index in [1.165, 1.54) is 12.1 Å². The number of hydrogen-bond donors (Lipinski definition) is 1. The van der Waals surface area contributed by atoms with Crippen molar-refractivity contribution in [2.45, 2.75) is 37.0 Å². The van der Waals surface area contributed by atoms with Gasteiger partial charge < -0.3 is 5.32 Å². The lowest BCUT2D eigenvalue weighted by Crippen LogP contribution is -2.50. The number of hydrogen-bond acceptors (Lipinski definition) is 2. The van der Waals surface area contributed by atoms with Crippen molar-refractivity contribution in [3.63, 3.8) is 0 Å². The van der Waals surface area contributed by atoms with Gasteiger partial charge in [-0.3, -0.25) is 9.59 Å². The highest BCUT2D eigenvalue weighted by molar-refractivity contribution is 6.31. The molecule has 0 unspecified atom stereocenters. The number of rotatable bonds is 2. The predicted molar refractivity (Wildman–Crippen MR) is 124 cm³/mol. The first-order chi connectivity index (χ1) is 15.3. The van der Waals surface area contributed by atoms with E-state index in [0.29, 0.717) is 21.3 Å². The summed E-state index contributed by atoms with van der Waals surface area (Å²) in [4.78, 5) is 26.9.